The largest absolute Gasteiger partial charge is 0.204 e. The Morgan fingerprint density at radius 1 is 0.812 bits per heavy atom. The van der Waals surface area contributed by atoms with Crippen molar-refractivity contribution in [2.75, 3.05) is 0 Å². The van der Waals surface area contributed by atoms with Crippen molar-refractivity contribution in [2.45, 2.75) is 12.8 Å². The van der Waals surface area contributed by atoms with Gasteiger partial charge in [-0.15, -0.1) is 0 Å². The Morgan fingerprint density at radius 3 is 2.12 bits per heavy atom. The highest BCUT2D eigenvalue weighted by molar-refractivity contribution is 5.31. The third-order valence-corrected chi connectivity index (χ3v) is 2.74. The van der Waals surface area contributed by atoms with Gasteiger partial charge in [0.25, 0.3) is 0 Å². The summed E-state index contributed by atoms with van der Waals surface area (Å²) in [7, 11) is 0. The minimum atomic E-state index is -0.802. The topological polar surface area (TPSA) is 0 Å². The van der Waals surface area contributed by atoms with Crippen LogP contribution in [0.5, 0.6) is 0 Å². The Kier molecular flexibility index (Phi) is 3.00. The average Bonchev–Trinajstić information content (AvgIpc) is 2.33. The number of halogens is 2. The molecule has 0 fully saturated rings. The molecule has 0 spiro atoms. The van der Waals surface area contributed by atoms with E-state index in [1.54, 1.807) is 6.07 Å². The highest BCUT2D eigenvalue weighted by Crippen LogP contribution is 2.24. The van der Waals surface area contributed by atoms with Crippen LogP contribution in [0, 0.1) is 11.6 Å². The van der Waals surface area contributed by atoms with Crippen LogP contribution in [-0.2, 0) is 0 Å². The molecule has 2 heteroatoms. The van der Waals surface area contributed by atoms with Gasteiger partial charge in [-0.2, -0.15) is 0 Å². The molecule has 0 aromatic heterocycles. The van der Waals surface area contributed by atoms with Crippen LogP contribution in [0.2, 0.25) is 0 Å². The van der Waals surface area contributed by atoms with Gasteiger partial charge < -0.3 is 0 Å². The summed E-state index contributed by atoms with van der Waals surface area (Å²) in [4.78, 5) is 0. The predicted octanol–water partition coefficient (Wildman–Crippen LogP) is 4.12. The maximum Gasteiger partial charge on any atom is 0.159 e. The summed E-state index contributed by atoms with van der Waals surface area (Å²) in [5, 5.41) is 0. The first-order valence-corrected chi connectivity index (χ1v) is 5.18. The summed E-state index contributed by atoms with van der Waals surface area (Å²) in [5.74, 6) is -1.53. The molecule has 0 radical (unpaired) electrons. The lowest BCUT2D eigenvalue weighted by Gasteiger charge is -2.12. The predicted molar refractivity (Wildman–Crippen MR) is 60.3 cm³/mol. The number of hydrogen-bond donors (Lipinski definition) is 0. The second-order valence-electron chi connectivity index (χ2n) is 3.81. The molecule has 0 saturated heterocycles. The van der Waals surface area contributed by atoms with Gasteiger partial charge in [0, 0.05) is 5.92 Å². The molecule has 0 N–H and O–H groups in total. The van der Waals surface area contributed by atoms with Crippen LogP contribution >= 0.6 is 0 Å². The monoisotopic (exact) mass is 218 g/mol. The molecule has 0 aliphatic heterocycles. The van der Waals surface area contributed by atoms with Crippen molar-refractivity contribution in [3.05, 3.63) is 71.3 Å². The van der Waals surface area contributed by atoms with E-state index in [1.807, 2.05) is 37.3 Å². The quantitative estimate of drug-likeness (QED) is 0.711. The Labute approximate surface area is 93.5 Å². The molecular weight excluding hydrogens is 206 g/mol. The molecule has 2 aromatic rings. The van der Waals surface area contributed by atoms with Crippen LogP contribution in [0.4, 0.5) is 8.78 Å². The zero-order valence-corrected chi connectivity index (χ0v) is 8.95. The highest BCUT2D eigenvalue weighted by Gasteiger charge is 2.10. The van der Waals surface area contributed by atoms with Crippen molar-refractivity contribution in [2.24, 2.45) is 0 Å². The highest BCUT2D eigenvalue weighted by atomic mass is 19.2. The summed E-state index contributed by atoms with van der Waals surface area (Å²) in [6, 6.07) is 13.8. The van der Waals surface area contributed by atoms with Crippen molar-refractivity contribution in [3.63, 3.8) is 0 Å². The molecule has 82 valence electrons. The van der Waals surface area contributed by atoms with Gasteiger partial charge in [-0.05, 0) is 23.3 Å². The summed E-state index contributed by atoms with van der Waals surface area (Å²) in [5.41, 5.74) is 1.87. The van der Waals surface area contributed by atoms with Crippen LogP contribution in [0.1, 0.15) is 24.0 Å². The molecule has 0 heterocycles. The first-order valence-electron chi connectivity index (χ1n) is 5.18. The Morgan fingerprint density at radius 2 is 1.50 bits per heavy atom. The lowest BCUT2D eigenvalue weighted by atomic mass is 9.93. The minimum Gasteiger partial charge on any atom is -0.204 e. The van der Waals surface area contributed by atoms with Crippen molar-refractivity contribution in [1.29, 1.82) is 0 Å². The fourth-order valence-corrected chi connectivity index (χ4v) is 1.72. The van der Waals surface area contributed by atoms with E-state index >= 15 is 0 Å². The van der Waals surface area contributed by atoms with E-state index in [1.165, 1.54) is 12.1 Å². The van der Waals surface area contributed by atoms with Gasteiger partial charge in [0.1, 0.15) is 0 Å². The Bertz CT molecular complexity index is 477. The zero-order valence-electron chi connectivity index (χ0n) is 8.95. The van der Waals surface area contributed by atoms with Gasteiger partial charge in [-0.3, -0.25) is 0 Å². The molecule has 1 atom stereocenters. The maximum absolute atomic E-state index is 13.1. The molecule has 2 rings (SSSR count). The molecule has 2 aromatic carbocycles. The molecule has 0 aliphatic rings. The van der Waals surface area contributed by atoms with Crippen LogP contribution in [0.3, 0.4) is 0 Å². The molecule has 0 aliphatic carbocycles. The van der Waals surface area contributed by atoms with Crippen LogP contribution in [0.15, 0.2) is 48.5 Å². The normalized spacial score (nSPS) is 12.4. The van der Waals surface area contributed by atoms with Gasteiger partial charge in [0.05, 0.1) is 0 Å². The van der Waals surface area contributed by atoms with Crippen molar-refractivity contribution >= 4 is 0 Å². The van der Waals surface area contributed by atoms with Gasteiger partial charge in [-0.1, -0.05) is 43.3 Å². The number of rotatable bonds is 2. The zero-order chi connectivity index (χ0) is 11.5. The van der Waals surface area contributed by atoms with Crippen molar-refractivity contribution in [1.82, 2.24) is 0 Å². The Hall–Kier alpha value is -1.70. The van der Waals surface area contributed by atoms with Gasteiger partial charge in [-0.25, -0.2) is 8.78 Å². The van der Waals surface area contributed by atoms with E-state index in [0.717, 1.165) is 11.1 Å². The molecule has 1 unspecified atom stereocenters. The van der Waals surface area contributed by atoms with E-state index in [-0.39, 0.29) is 5.92 Å². The summed E-state index contributed by atoms with van der Waals surface area (Å²) < 4.78 is 25.9. The second-order valence-corrected chi connectivity index (χ2v) is 3.81. The SMILES string of the molecule is CC(c1ccccc1)c1ccc(F)c(F)c1. The average molecular weight is 218 g/mol. The maximum atomic E-state index is 13.1. The molecule has 0 bridgehead atoms. The lowest BCUT2D eigenvalue weighted by molar-refractivity contribution is 0.506. The smallest absolute Gasteiger partial charge is 0.159 e. The van der Waals surface area contributed by atoms with Gasteiger partial charge >= 0.3 is 0 Å². The van der Waals surface area contributed by atoms with E-state index in [4.69, 9.17) is 0 Å². The number of hydrogen-bond acceptors (Lipinski definition) is 0. The van der Waals surface area contributed by atoms with E-state index in [9.17, 15) is 8.78 Å². The van der Waals surface area contributed by atoms with E-state index in [0.29, 0.717) is 0 Å². The van der Waals surface area contributed by atoms with E-state index < -0.39 is 11.6 Å². The standard InChI is InChI=1S/C14H12F2/c1-10(11-5-3-2-4-6-11)12-7-8-13(15)14(16)9-12/h2-10H,1H3. The molecule has 0 amide bonds. The first-order chi connectivity index (χ1) is 7.68. The number of benzene rings is 2. The molecule has 16 heavy (non-hydrogen) atoms. The van der Waals surface area contributed by atoms with Gasteiger partial charge in [0.15, 0.2) is 11.6 Å². The Balaban J connectivity index is 2.34. The third-order valence-electron chi connectivity index (χ3n) is 2.74. The molecule has 0 nitrogen and oxygen atoms in total. The summed E-state index contributed by atoms with van der Waals surface area (Å²) >= 11 is 0. The molecular formula is C14H12F2. The van der Waals surface area contributed by atoms with Crippen LogP contribution in [0.25, 0.3) is 0 Å². The van der Waals surface area contributed by atoms with Crippen LogP contribution < -0.4 is 0 Å². The van der Waals surface area contributed by atoms with Gasteiger partial charge in [0.2, 0.25) is 0 Å². The van der Waals surface area contributed by atoms with Crippen molar-refractivity contribution < 1.29 is 8.78 Å². The first kappa shape index (κ1) is 10.8. The fourth-order valence-electron chi connectivity index (χ4n) is 1.72. The summed E-state index contributed by atoms with van der Waals surface area (Å²) in [6.45, 7) is 1.97. The van der Waals surface area contributed by atoms with Crippen molar-refractivity contribution in [3.8, 4) is 0 Å². The lowest BCUT2D eigenvalue weighted by Crippen LogP contribution is -1.97. The molecule has 0 saturated carbocycles. The van der Waals surface area contributed by atoms with Crippen LogP contribution in [-0.4, -0.2) is 0 Å². The fraction of sp³-hybridized carbons (Fsp3) is 0.143. The second kappa shape index (κ2) is 4.44. The van der Waals surface area contributed by atoms with E-state index in [2.05, 4.69) is 0 Å². The summed E-state index contributed by atoms with van der Waals surface area (Å²) in [6.07, 6.45) is 0. The third kappa shape index (κ3) is 2.11. The minimum absolute atomic E-state index is 0.0660.